The molecule has 1 saturated heterocycles. The van der Waals surface area contributed by atoms with Crippen molar-refractivity contribution < 1.29 is 9.53 Å². The number of para-hydroxylation sites is 1. The van der Waals surface area contributed by atoms with Crippen LogP contribution in [0.2, 0.25) is 0 Å². The smallest absolute Gasteiger partial charge is 0.279 e. The number of thiazole rings is 1. The third-order valence-electron chi connectivity index (χ3n) is 5.60. The van der Waals surface area contributed by atoms with Crippen molar-refractivity contribution in [1.82, 2.24) is 14.9 Å². The molecule has 3 heterocycles. The van der Waals surface area contributed by atoms with Gasteiger partial charge in [0, 0.05) is 35.6 Å². The molecule has 5 rings (SSSR count). The summed E-state index contributed by atoms with van der Waals surface area (Å²) in [5.74, 6) is 0.626. The first-order chi connectivity index (χ1) is 14.2. The molecule has 0 saturated carbocycles. The van der Waals surface area contributed by atoms with Gasteiger partial charge in [-0.15, -0.1) is 0 Å². The Morgan fingerprint density at radius 3 is 2.86 bits per heavy atom. The number of nitrogens with zero attached hydrogens (tertiary/aromatic N) is 2. The van der Waals surface area contributed by atoms with Crippen molar-refractivity contribution in [3.8, 4) is 10.9 Å². The van der Waals surface area contributed by atoms with Crippen molar-refractivity contribution in [2.45, 2.75) is 19.4 Å². The van der Waals surface area contributed by atoms with Gasteiger partial charge in [0.05, 0.1) is 10.2 Å². The highest BCUT2D eigenvalue weighted by Gasteiger charge is 2.23. The number of ether oxygens (including phenoxy) is 1. The molecule has 2 aromatic carbocycles. The highest BCUT2D eigenvalue weighted by molar-refractivity contribution is 7.20. The number of aromatic nitrogens is 2. The number of nitrogens with one attached hydrogen (secondary N) is 1. The minimum absolute atomic E-state index is 0.0245. The lowest BCUT2D eigenvalue weighted by Gasteiger charge is -2.30. The first-order valence-corrected chi connectivity index (χ1v) is 10.6. The zero-order valence-electron chi connectivity index (χ0n) is 15.9. The zero-order chi connectivity index (χ0) is 19.8. The lowest BCUT2D eigenvalue weighted by atomic mass is 9.96. The van der Waals surface area contributed by atoms with Gasteiger partial charge in [-0.05, 0) is 55.8 Å². The lowest BCUT2D eigenvalue weighted by Crippen LogP contribution is -2.38. The number of carbonyl (C=O) groups excluding carboxylic acids is 1. The Kier molecular flexibility index (Phi) is 4.69. The maximum absolute atomic E-state index is 11.3. The van der Waals surface area contributed by atoms with Gasteiger partial charge in [0.1, 0.15) is 5.75 Å². The standard InChI is InChI=1S/C22H22N4O2S/c23-21(27)14-7-9-26(10-8-14)13-15-12-24-19-11-16(5-6-17(15)19)28-22-25-18-3-1-2-4-20(18)29-22/h1-6,11-12,14,24H,7-10,13H2,(H2,23,27). The van der Waals surface area contributed by atoms with Gasteiger partial charge in [0.15, 0.2) is 0 Å². The summed E-state index contributed by atoms with van der Waals surface area (Å²) in [7, 11) is 0. The molecule has 0 atom stereocenters. The van der Waals surface area contributed by atoms with Crippen LogP contribution >= 0.6 is 11.3 Å². The molecule has 0 aliphatic carbocycles. The fourth-order valence-corrected chi connectivity index (χ4v) is 4.81. The number of benzene rings is 2. The largest absolute Gasteiger partial charge is 0.431 e. The summed E-state index contributed by atoms with van der Waals surface area (Å²) in [5, 5.41) is 1.84. The van der Waals surface area contributed by atoms with Crippen LogP contribution in [0.15, 0.2) is 48.7 Å². The maximum Gasteiger partial charge on any atom is 0.279 e. The second-order valence-corrected chi connectivity index (χ2v) is 8.52. The number of piperidine rings is 1. The van der Waals surface area contributed by atoms with Crippen molar-refractivity contribution in [1.29, 1.82) is 0 Å². The molecule has 7 heteroatoms. The van der Waals surface area contributed by atoms with E-state index in [0.29, 0.717) is 5.19 Å². The molecule has 0 bridgehead atoms. The summed E-state index contributed by atoms with van der Waals surface area (Å²) in [5.41, 5.74) is 8.69. The fourth-order valence-electron chi connectivity index (χ4n) is 3.97. The van der Waals surface area contributed by atoms with Crippen LogP contribution in [-0.4, -0.2) is 33.9 Å². The molecular formula is C22H22N4O2S. The summed E-state index contributed by atoms with van der Waals surface area (Å²) in [6, 6.07) is 14.1. The monoisotopic (exact) mass is 406 g/mol. The number of aromatic amines is 1. The molecular weight excluding hydrogens is 384 g/mol. The van der Waals surface area contributed by atoms with Crippen molar-refractivity contribution in [3.05, 3.63) is 54.2 Å². The molecule has 6 nitrogen and oxygen atoms in total. The average Bonchev–Trinajstić information content (AvgIpc) is 3.31. The van der Waals surface area contributed by atoms with Crippen LogP contribution in [-0.2, 0) is 11.3 Å². The SMILES string of the molecule is NC(=O)C1CCN(Cc2c[nH]c3cc(Oc4nc5ccccc5s4)ccc23)CC1. The Balaban J connectivity index is 1.30. The molecule has 1 amide bonds. The van der Waals surface area contributed by atoms with Crippen LogP contribution in [0.1, 0.15) is 18.4 Å². The van der Waals surface area contributed by atoms with E-state index in [-0.39, 0.29) is 11.8 Å². The highest BCUT2D eigenvalue weighted by atomic mass is 32.1. The quantitative estimate of drug-likeness (QED) is 0.518. The normalized spacial score (nSPS) is 15.9. The van der Waals surface area contributed by atoms with E-state index in [4.69, 9.17) is 10.5 Å². The molecule has 1 aliphatic rings. The topological polar surface area (TPSA) is 84.2 Å². The first-order valence-electron chi connectivity index (χ1n) is 9.81. The summed E-state index contributed by atoms with van der Waals surface area (Å²) in [6.45, 7) is 2.67. The highest BCUT2D eigenvalue weighted by Crippen LogP contribution is 2.33. The minimum Gasteiger partial charge on any atom is -0.431 e. The summed E-state index contributed by atoms with van der Waals surface area (Å²) >= 11 is 1.55. The molecule has 0 spiro atoms. The molecule has 148 valence electrons. The zero-order valence-corrected chi connectivity index (χ0v) is 16.7. The van der Waals surface area contributed by atoms with E-state index in [1.54, 1.807) is 11.3 Å². The van der Waals surface area contributed by atoms with Gasteiger partial charge in [-0.2, -0.15) is 0 Å². The number of fused-ring (bicyclic) bond motifs is 2. The number of primary amides is 1. The van der Waals surface area contributed by atoms with Crippen molar-refractivity contribution >= 4 is 38.4 Å². The Bertz CT molecular complexity index is 1140. The van der Waals surface area contributed by atoms with Gasteiger partial charge in [-0.25, -0.2) is 4.98 Å². The molecule has 0 radical (unpaired) electrons. The Morgan fingerprint density at radius 2 is 2.07 bits per heavy atom. The van der Waals surface area contributed by atoms with E-state index < -0.39 is 0 Å². The lowest BCUT2D eigenvalue weighted by molar-refractivity contribution is -0.123. The van der Waals surface area contributed by atoms with Gasteiger partial charge in [0.25, 0.3) is 5.19 Å². The summed E-state index contributed by atoms with van der Waals surface area (Å²) in [4.78, 5) is 21.6. The van der Waals surface area contributed by atoms with E-state index in [2.05, 4.69) is 27.1 Å². The fraction of sp³-hybridized carbons (Fsp3) is 0.273. The van der Waals surface area contributed by atoms with Crippen LogP contribution in [0.5, 0.6) is 10.9 Å². The number of likely N-dealkylation sites (tertiary alicyclic amines) is 1. The molecule has 2 aromatic heterocycles. The number of nitrogens with two attached hydrogens (primary N) is 1. The van der Waals surface area contributed by atoms with Crippen LogP contribution in [0, 0.1) is 5.92 Å². The Morgan fingerprint density at radius 1 is 1.24 bits per heavy atom. The summed E-state index contributed by atoms with van der Waals surface area (Å²) in [6.07, 6.45) is 3.75. The Hall–Kier alpha value is -2.90. The molecule has 1 fully saturated rings. The first kappa shape index (κ1) is 18.1. The number of carbonyl (C=O) groups is 1. The summed E-state index contributed by atoms with van der Waals surface area (Å²) < 4.78 is 7.11. The van der Waals surface area contributed by atoms with E-state index in [0.717, 1.165) is 54.0 Å². The second-order valence-electron chi connectivity index (χ2n) is 7.52. The van der Waals surface area contributed by atoms with Crippen LogP contribution in [0.3, 0.4) is 0 Å². The third kappa shape index (κ3) is 3.71. The predicted molar refractivity (Wildman–Crippen MR) is 115 cm³/mol. The van der Waals surface area contributed by atoms with Gasteiger partial charge < -0.3 is 15.5 Å². The van der Waals surface area contributed by atoms with E-state index >= 15 is 0 Å². The number of hydrogen-bond acceptors (Lipinski definition) is 5. The van der Waals surface area contributed by atoms with E-state index in [9.17, 15) is 4.79 Å². The number of H-pyrrole nitrogens is 1. The predicted octanol–water partition coefficient (Wildman–Crippen LogP) is 4.27. The number of hydrogen-bond donors (Lipinski definition) is 2. The van der Waals surface area contributed by atoms with Crippen LogP contribution < -0.4 is 10.5 Å². The molecule has 29 heavy (non-hydrogen) atoms. The van der Waals surface area contributed by atoms with Gasteiger partial charge in [-0.1, -0.05) is 23.5 Å². The van der Waals surface area contributed by atoms with Gasteiger partial charge in [-0.3, -0.25) is 9.69 Å². The minimum atomic E-state index is -0.169. The number of rotatable bonds is 5. The number of amides is 1. The van der Waals surface area contributed by atoms with E-state index in [1.165, 1.54) is 10.9 Å². The molecule has 4 aromatic rings. The molecule has 0 unspecified atom stereocenters. The maximum atomic E-state index is 11.3. The van der Waals surface area contributed by atoms with Gasteiger partial charge >= 0.3 is 0 Å². The van der Waals surface area contributed by atoms with Crippen LogP contribution in [0.4, 0.5) is 0 Å². The van der Waals surface area contributed by atoms with Crippen molar-refractivity contribution in [2.24, 2.45) is 11.7 Å². The second kappa shape index (κ2) is 7.50. The average molecular weight is 407 g/mol. The van der Waals surface area contributed by atoms with Crippen molar-refractivity contribution in [2.75, 3.05) is 13.1 Å². The van der Waals surface area contributed by atoms with Gasteiger partial charge in [0.2, 0.25) is 5.91 Å². The molecule has 3 N–H and O–H groups in total. The third-order valence-corrected chi connectivity index (χ3v) is 6.52. The Labute approximate surface area is 172 Å². The molecule has 1 aliphatic heterocycles. The van der Waals surface area contributed by atoms with E-state index in [1.807, 2.05) is 36.4 Å². The van der Waals surface area contributed by atoms with Crippen molar-refractivity contribution in [3.63, 3.8) is 0 Å². The van der Waals surface area contributed by atoms with Crippen LogP contribution in [0.25, 0.3) is 21.1 Å².